The minimum absolute atomic E-state index is 0.0708. The Kier molecular flexibility index (Phi) is 4.66. The predicted octanol–water partition coefficient (Wildman–Crippen LogP) is 5.56. The zero-order chi connectivity index (χ0) is 18.1. The number of nitrogens with one attached hydrogen (secondary N) is 1. The fourth-order valence-corrected chi connectivity index (χ4v) is 4.71. The molecular formula is C21H18N2OS2. The lowest BCUT2D eigenvalue weighted by Gasteiger charge is -2.04. The van der Waals surface area contributed by atoms with Crippen LogP contribution in [0.25, 0.3) is 21.3 Å². The van der Waals surface area contributed by atoms with Gasteiger partial charge in [0.2, 0.25) is 0 Å². The van der Waals surface area contributed by atoms with Gasteiger partial charge in [-0.2, -0.15) is 0 Å². The molecule has 0 saturated heterocycles. The highest BCUT2D eigenvalue weighted by Crippen LogP contribution is 2.32. The van der Waals surface area contributed by atoms with E-state index in [4.69, 9.17) is 0 Å². The van der Waals surface area contributed by atoms with Gasteiger partial charge in [-0.25, -0.2) is 4.98 Å². The van der Waals surface area contributed by atoms with Crippen molar-refractivity contribution in [3.63, 3.8) is 0 Å². The highest BCUT2D eigenvalue weighted by atomic mass is 32.2. The van der Waals surface area contributed by atoms with Crippen molar-refractivity contribution < 1.29 is 0 Å². The van der Waals surface area contributed by atoms with E-state index in [9.17, 15) is 4.79 Å². The van der Waals surface area contributed by atoms with E-state index in [1.807, 2.05) is 5.38 Å². The molecule has 0 aliphatic rings. The number of aromatic nitrogens is 2. The molecule has 130 valence electrons. The molecule has 0 bridgehead atoms. The first-order valence-corrected chi connectivity index (χ1v) is 10.2. The molecule has 0 spiro atoms. The normalized spacial score (nSPS) is 11.2. The fourth-order valence-electron chi connectivity index (χ4n) is 2.90. The number of thiophene rings is 1. The van der Waals surface area contributed by atoms with E-state index in [1.165, 1.54) is 28.0 Å². The molecule has 0 unspecified atom stereocenters. The van der Waals surface area contributed by atoms with E-state index in [0.717, 1.165) is 21.7 Å². The Hall–Kier alpha value is -2.37. The molecule has 2 heterocycles. The van der Waals surface area contributed by atoms with Gasteiger partial charge < -0.3 is 4.98 Å². The highest BCUT2D eigenvalue weighted by Gasteiger charge is 2.13. The Morgan fingerprint density at radius 1 is 1.08 bits per heavy atom. The largest absolute Gasteiger partial charge is 0.301 e. The van der Waals surface area contributed by atoms with Gasteiger partial charge in [0, 0.05) is 16.7 Å². The van der Waals surface area contributed by atoms with Gasteiger partial charge >= 0.3 is 0 Å². The third-order valence-corrected chi connectivity index (χ3v) is 6.06. The third kappa shape index (κ3) is 3.45. The number of hydrogen-bond acceptors (Lipinski definition) is 4. The van der Waals surface area contributed by atoms with Crippen molar-refractivity contribution in [2.75, 3.05) is 0 Å². The number of aromatic amines is 1. The summed E-state index contributed by atoms with van der Waals surface area (Å²) in [5, 5.41) is 3.37. The van der Waals surface area contributed by atoms with Crippen LogP contribution in [0, 0.1) is 13.8 Å². The molecule has 0 atom stereocenters. The summed E-state index contributed by atoms with van der Waals surface area (Å²) in [6.07, 6.45) is 0. The van der Waals surface area contributed by atoms with Gasteiger partial charge in [0.05, 0.1) is 5.39 Å². The average Bonchev–Trinajstić information content (AvgIpc) is 3.05. The first-order chi connectivity index (χ1) is 12.6. The number of fused-ring (bicyclic) bond motifs is 1. The Balaban J connectivity index is 1.65. The van der Waals surface area contributed by atoms with Gasteiger partial charge in [0.15, 0.2) is 5.16 Å². The van der Waals surface area contributed by atoms with Crippen molar-refractivity contribution in [2.45, 2.75) is 24.8 Å². The van der Waals surface area contributed by atoms with Crippen molar-refractivity contribution in [1.82, 2.24) is 9.97 Å². The van der Waals surface area contributed by atoms with E-state index in [0.29, 0.717) is 10.5 Å². The molecule has 4 rings (SSSR count). The number of H-pyrrole nitrogens is 1. The summed E-state index contributed by atoms with van der Waals surface area (Å²) in [5.41, 5.74) is 5.60. The number of rotatable bonds is 4. The monoisotopic (exact) mass is 378 g/mol. The van der Waals surface area contributed by atoms with Crippen LogP contribution in [0.15, 0.2) is 63.9 Å². The van der Waals surface area contributed by atoms with Crippen molar-refractivity contribution in [1.29, 1.82) is 0 Å². The van der Waals surface area contributed by atoms with Crippen LogP contribution in [0.5, 0.6) is 0 Å². The maximum Gasteiger partial charge on any atom is 0.260 e. The first kappa shape index (κ1) is 17.1. The van der Waals surface area contributed by atoms with Crippen LogP contribution in [0.2, 0.25) is 0 Å². The second kappa shape index (κ2) is 7.09. The van der Waals surface area contributed by atoms with E-state index in [-0.39, 0.29) is 5.56 Å². The number of benzene rings is 2. The minimum Gasteiger partial charge on any atom is -0.301 e. The number of hydrogen-bond donors (Lipinski definition) is 1. The van der Waals surface area contributed by atoms with Gasteiger partial charge in [0.1, 0.15) is 4.83 Å². The van der Waals surface area contributed by atoms with Crippen LogP contribution < -0.4 is 5.56 Å². The van der Waals surface area contributed by atoms with Crippen LogP contribution in [0.4, 0.5) is 0 Å². The second-order valence-corrected chi connectivity index (χ2v) is 8.17. The summed E-state index contributed by atoms with van der Waals surface area (Å²) in [6.45, 7) is 4.14. The average molecular weight is 379 g/mol. The molecule has 2 aromatic heterocycles. The molecule has 0 radical (unpaired) electrons. The third-order valence-electron chi connectivity index (χ3n) is 4.24. The summed E-state index contributed by atoms with van der Waals surface area (Å²) in [5.74, 6) is 0.784. The number of thioether (sulfide) groups is 1. The summed E-state index contributed by atoms with van der Waals surface area (Å²) in [7, 11) is 0. The van der Waals surface area contributed by atoms with Crippen LogP contribution in [0.3, 0.4) is 0 Å². The van der Waals surface area contributed by atoms with Crippen LogP contribution in [-0.2, 0) is 5.75 Å². The van der Waals surface area contributed by atoms with Crippen molar-refractivity contribution in [3.8, 4) is 11.1 Å². The fraction of sp³-hybridized carbons (Fsp3) is 0.143. The summed E-state index contributed by atoms with van der Waals surface area (Å²) in [4.78, 5) is 21.1. The maximum atomic E-state index is 12.7. The summed E-state index contributed by atoms with van der Waals surface area (Å²) in [6, 6.07) is 16.6. The Bertz CT molecular complexity index is 1130. The lowest BCUT2D eigenvalue weighted by Crippen LogP contribution is -2.08. The van der Waals surface area contributed by atoms with Gasteiger partial charge in [-0.1, -0.05) is 71.4 Å². The summed E-state index contributed by atoms with van der Waals surface area (Å²) < 4.78 is 0. The molecule has 5 heteroatoms. The predicted molar refractivity (Wildman–Crippen MR) is 111 cm³/mol. The van der Waals surface area contributed by atoms with Crippen molar-refractivity contribution in [2.24, 2.45) is 0 Å². The standard InChI is InChI=1S/C21H18N2OS2/c1-13-6-8-16(9-7-13)17-12-25-20-18(17)19(24)22-21(23-20)26-11-15-5-3-4-14(2)10-15/h3-10,12H,11H2,1-2H3,(H,22,23,24). The molecule has 26 heavy (non-hydrogen) atoms. The molecule has 0 aliphatic carbocycles. The second-order valence-electron chi connectivity index (χ2n) is 6.34. The van der Waals surface area contributed by atoms with Crippen LogP contribution in [0.1, 0.15) is 16.7 Å². The highest BCUT2D eigenvalue weighted by molar-refractivity contribution is 7.98. The molecule has 0 fully saturated rings. The minimum atomic E-state index is -0.0708. The molecular weight excluding hydrogens is 360 g/mol. The molecule has 0 aliphatic heterocycles. The first-order valence-electron chi connectivity index (χ1n) is 8.37. The van der Waals surface area contributed by atoms with Gasteiger partial charge in [0.25, 0.3) is 5.56 Å². The number of aryl methyl sites for hydroxylation is 2. The molecule has 4 aromatic rings. The zero-order valence-electron chi connectivity index (χ0n) is 14.6. The van der Waals surface area contributed by atoms with E-state index in [1.54, 1.807) is 11.8 Å². The van der Waals surface area contributed by atoms with Gasteiger partial charge in [-0.15, -0.1) is 11.3 Å². The maximum absolute atomic E-state index is 12.7. The topological polar surface area (TPSA) is 45.8 Å². The van der Waals surface area contributed by atoms with Crippen LogP contribution >= 0.6 is 23.1 Å². The Morgan fingerprint density at radius 2 is 1.88 bits per heavy atom. The number of nitrogens with zero attached hydrogens (tertiary/aromatic N) is 1. The molecule has 0 saturated carbocycles. The van der Waals surface area contributed by atoms with Gasteiger partial charge in [-0.3, -0.25) is 4.79 Å². The van der Waals surface area contributed by atoms with Crippen molar-refractivity contribution >= 4 is 33.3 Å². The van der Waals surface area contributed by atoms with Crippen molar-refractivity contribution in [3.05, 3.63) is 81.0 Å². The quantitative estimate of drug-likeness (QED) is 0.373. The van der Waals surface area contributed by atoms with E-state index < -0.39 is 0 Å². The SMILES string of the molecule is Cc1ccc(-c2csc3nc(SCc4cccc(C)c4)[nH]c(=O)c23)cc1. The lowest BCUT2D eigenvalue weighted by atomic mass is 10.1. The van der Waals surface area contributed by atoms with E-state index >= 15 is 0 Å². The Morgan fingerprint density at radius 3 is 2.65 bits per heavy atom. The van der Waals surface area contributed by atoms with Crippen LogP contribution in [-0.4, -0.2) is 9.97 Å². The Labute approximate surface area is 160 Å². The lowest BCUT2D eigenvalue weighted by molar-refractivity contribution is 0.980. The molecule has 3 nitrogen and oxygen atoms in total. The zero-order valence-corrected chi connectivity index (χ0v) is 16.2. The van der Waals surface area contributed by atoms with E-state index in [2.05, 4.69) is 72.3 Å². The summed E-state index contributed by atoms with van der Waals surface area (Å²) >= 11 is 3.08. The molecule has 1 N–H and O–H groups in total. The molecule has 2 aromatic carbocycles. The van der Waals surface area contributed by atoms with Gasteiger partial charge in [-0.05, 0) is 25.0 Å². The smallest absolute Gasteiger partial charge is 0.260 e. The molecule has 0 amide bonds.